The van der Waals surface area contributed by atoms with E-state index in [9.17, 15) is 22.8 Å². The molecule has 0 saturated carbocycles. The van der Waals surface area contributed by atoms with E-state index in [0.717, 1.165) is 12.1 Å². The summed E-state index contributed by atoms with van der Waals surface area (Å²) < 4.78 is 39.7. The lowest BCUT2D eigenvalue weighted by Crippen LogP contribution is -2.50. The zero-order chi connectivity index (χ0) is 15.6. The van der Waals surface area contributed by atoms with Gasteiger partial charge in [-0.25, -0.2) is 0 Å². The molecule has 1 aliphatic heterocycles. The molecule has 1 fully saturated rings. The van der Waals surface area contributed by atoms with Gasteiger partial charge in [-0.15, -0.1) is 13.2 Å². The fraction of sp³-hybridized carbons (Fsp3) is 0.385. The van der Waals surface area contributed by atoms with Gasteiger partial charge in [0, 0.05) is 24.6 Å². The van der Waals surface area contributed by atoms with Crippen LogP contribution in [0.5, 0.6) is 5.75 Å². The summed E-state index contributed by atoms with van der Waals surface area (Å²) in [5, 5.41) is 8.60. The number of benzene rings is 1. The van der Waals surface area contributed by atoms with Crippen LogP contribution in [0.2, 0.25) is 0 Å². The van der Waals surface area contributed by atoms with E-state index in [1.807, 2.05) is 0 Å². The largest absolute Gasteiger partial charge is 0.573 e. The van der Waals surface area contributed by atoms with Crippen molar-refractivity contribution in [1.82, 2.24) is 4.90 Å². The van der Waals surface area contributed by atoms with E-state index in [0.29, 0.717) is 13.1 Å². The number of alkyl halides is 3. The first-order valence-electron chi connectivity index (χ1n) is 6.11. The SMILES string of the molecule is O=C(O)CC1CN(C(=O)c2ccc(OC(F)(F)F)cc2)C1. The Kier molecular flexibility index (Phi) is 4.06. The van der Waals surface area contributed by atoms with Crippen molar-refractivity contribution in [3.63, 3.8) is 0 Å². The second-order valence-corrected chi connectivity index (χ2v) is 4.75. The number of rotatable bonds is 4. The Balaban J connectivity index is 1.91. The first-order valence-corrected chi connectivity index (χ1v) is 6.11. The van der Waals surface area contributed by atoms with Crippen molar-refractivity contribution < 1.29 is 32.6 Å². The monoisotopic (exact) mass is 303 g/mol. The average molecular weight is 303 g/mol. The van der Waals surface area contributed by atoms with Gasteiger partial charge in [-0.05, 0) is 24.3 Å². The molecule has 1 aromatic carbocycles. The summed E-state index contributed by atoms with van der Waals surface area (Å²) in [7, 11) is 0. The third-order valence-corrected chi connectivity index (χ3v) is 3.04. The van der Waals surface area contributed by atoms with E-state index < -0.39 is 18.1 Å². The van der Waals surface area contributed by atoms with Crippen LogP contribution in [0.4, 0.5) is 13.2 Å². The number of likely N-dealkylation sites (tertiary alicyclic amines) is 1. The van der Waals surface area contributed by atoms with Gasteiger partial charge < -0.3 is 14.7 Å². The quantitative estimate of drug-likeness (QED) is 0.925. The van der Waals surface area contributed by atoms with Crippen LogP contribution in [0.3, 0.4) is 0 Å². The lowest BCUT2D eigenvalue weighted by Gasteiger charge is -2.38. The molecule has 2 rings (SSSR count). The Morgan fingerprint density at radius 2 is 1.81 bits per heavy atom. The second-order valence-electron chi connectivity index (χ2n) is 4.75. The molecule has 0 bridgehead atoms. The van der Waals surface area contributed by atoms with Crippen LogP contribution in [-0.2, 0) is 4.79 Å². The number of nitrogens with zero attached hydrogens (tertiary/aromatic N) is 1. The molecule has 0 unspecified atom stereocenters. The number of carbonyl (C=O) groups is 2. The van der Waals surface area contributed by atoms with Gasteiger partial charge in [0.15, 0.2) is 0 Å². The van der Waals surface area contributed by atoms with E-state index in [-0.39, 0.29) is 23.8 Å². The van der Waals surface area contributed by atoms with Gasteiger partial charge in [0.25, 0.3) is 5.91 Å². The molecule has 21 heavy (non-hydrogen) atoms. The Morgan fingerprint density at radius 3 is 2.29 bits per heavy atom. The Bertz CT molecular complexity index is 535. The highest BCUT2D eigenvalue weighted by atomic mass is 19.4. The zero-order valence-corrected chi connectivity index (χ0v) is 10.8. The van der Waals surface area contributed by atoms with Gasteiger partial charge in [-0.1, -0.05) is 0 Å². The van der Waals surface area contributed by atoms with E-state index in [2.05, 4.69) is 4.74 Å². The van der Waals surface area contributed by atoms with Crippen LogP contribution in [0.25, 0.3) is 0 Å². The number of carbonyl (C=O) groups excluding carboxylic acids is 1. The minimum atomic E-state index is -4.77. The van der Waals surface area contributed by atoms with Gasteiger partial charge in [0.1, 0.15) is 5.75 Å². The summed E-state index contributed by atoms with van der Waals surface area (Å²) >= 11 is 0. The van der Waals surface area contributed by atoms with E-state index in [1.54, 1.807) is 0 Å². The van der Waals surface area contributed by atoms with Gasteiger partial charge in [-0.3, -0.25) is 9.59 Å². The fourth-order valence-corrected chi connectivity index (χ4v) is 2.09. The Morgan fingerprint density at radius 1 is 1.24 bits per heavy atom. The van der Waals surface area contributed by atoms with E-state index in [1.165, 1.54) is 17.0 Å². The number of aliphatic carboxylic acids is 1. The summed E-state index contributed by atoms with van der Waals surface area (Å²) in [4.78, 5) is 23.9. The van der Waals surface area contributed by atoms with Crippen molar-refractivity contribution in [3.8, 4) is 5.75 Å². The van der Waals surface area contributed by atoms with Crippen LogP contribution >= 0.6 is 0 Å². The second kappa shape index (κ2) is 5.63. The molecule has 1 aromatic rings. The van der Waals surface area contributed by atoms with E-state index >= 15 is 0 Å². The van der Waals surface area contributed by atoms with Crippen molar-refractivity contribution in [1.29, 1.82) is 0 Å². The van der Waals surface area contributed by atoms with Gasteiger partial charge >= 0.3 is 12.3 Å². The number of halogens is 3. The maximum absolute atomic E-state index is 12.0. The molecule has 0 spiro atoms. The molecule has 5 nitrogen and oxygen atoms in total. The topological polar surface area (TPSA) is 66.8 Å². The summed E-state index contributed by atoms with van der Waals surface area (Å²) in [6, 6.07) is 4.62. The molecule has 0 aliphatic carbocycles. The van der Waals surface area contributed by atoms with Crippen LogP contribution < -0.4 is 4.74 Å². The molecule has 0 radical (unpaired) electrons. The first kappa shape index (κ1) is 15.1. The van der Waals surface area contributed by atoms with Crippen LogP contribution in [0.1, 0.15) is 16.8 Å². The average Bonchev–Trinajstić information content (AvgIpc) is 2.31. The highest BCUT2D eigenvalue weighted by molar-refractivity contribution is 5.94. The van der Waals surface area contributed by atoms with E-state index in [4.69, 9.17) is 5.11 Å². The highest BCUT2D eigenvalue weighted by Gasteiger charge is 2.33. The van der Waals surface area contributed by atoms with Crippen molar-refractivity contribution in [3.05, 3.63) is 29.8 Å². The normalized spacial score (nSPS) is 15.5. The zero-order valence-electron chi connectivity index (χ0n) is 10.8. The van der Waals surface area contributed by atoms with Crippen LogP contribution in [0, 0.1) is 5.92 Å². The molecule has 1 saturated heterocycles. The predicted molar refractivity (Wildman–Crippen MR) is 64.8 cm³/mol. The molecule has 1 heterocycles. The number of ether oxygens (including phenoxy) is 1. The summed E-state index contributed by atoms with van der Waals surface area (Å²) in [6.07, 6.45) is -4.77. The van der Waals surface area contributed by atoms with Gasteiger partial charge in [0.2, 0.25) is 0 Å². The first-order chi connectivity index (χ1) is 9.74. The molecule has 1 aliphatic rings. The standard InChI is InChI=1S/C13H12F3NO4/c14-13(15,16)21-10-3-1-9(2-4-10)12(20)17-6-8(7-17)5-11(18)19/h1-4,8H,5-7H2,(H,18,19). The molecule has 0 atom stereocenters. The molecule has 1 N–H and O–H groups in total. The summed E-state index contributed by atoms with van der Waals surface area (Å²) in [5.41, 5.74) is 0.235. The lowest BCUT2D eigenvalue weighted by atomic mass is 9.95. The molecule has 1 amide bonds. The van der Waals surface area contributed by atoms with Crippen molar-refractivity contribution >= 4 is 11.9 Å². The lowest BCUT2D eigenvalue weighted by molar-refractivity contribution is -0.274. The third-order valence-electron chi connectivity index (χ3n) is 3.04. The smallest absolute Gasteiger partial charge is 0.481 e. The third kappa shape index (κ3) is 4.11. The van der Waals surface area contributed by atoms with Gasteiger partial charge in [-0.2, -0.15) is 0 Å². The Labute approximate surface area is 117 Å². The summed E-state index contributed by atoms with van der Waals surface area (Å²) in [6.45, 7) is 0.678. The maximum atomic E-state index is 12.0. The van der Waals surface area contributed by atoms with Crippen molar-refractivity contribution in [2.24, 2.45) is 5.92 Å². The van der Waals surface area contributed by atoms with Crippen LogP contribution in [-0.4, -0.2) is 41.3 Å². The van der Waals surface area contributed by atoms with Crippen LogP contribution in [0.15, 0.2) is 24.3 Å². The number of hydrogen-bond acceptors (Lipinski definition) is 3. The molecule has 8 heteroatoms. The van der Waals surface area contributed by atoms with Crippen molar-refractivity contribution in [2.75, 3.05) is 13.1 Å². The summed E-state index contributed by atoms with van der Waals surface area (Å²) in [5.74, 6) is -1.72. The number of hydrogen-bond donors (Lipinski definition) is 1. The molecule has 114 valence electrons. The fourth-order valence-electron chi connectivity index (χ4n) is 2.09. The number of amides is 1. The van der Waals surface area contributed by atoms with Crippen molar-refractivity contribution in [2.45, 2.75) is 12.8 Å². The predicted octanol–water partition coefficient (Wildman–Crippen LogP) is 2.13. The number of carboxylic acid groups (broad SMARTS) is 1. The van der Waals surface area contributed by atoms with Gasteiger partial charge in [0.05, 0.1) is 6.42 Å². The molecule has 0 aromatic heterocycles. The number of carboxylic acids is 1. The minimum absolute atomic E-state index is 0.00212. The Hall–Kier alpha value is -2.25. The highest BCUT2D eigenvalue weighted by Crippen LogP contribution is 2.25. The maximum Gasteiger partial charge on any atom is 0.573 e. The minimum Gasteiger partial charge on any atom is -0.481 e. The molecular formula is C13H12F3NO4. The molecular weight excluding hydrogens is 291 g/mol.